The van der Waals surface area contributed by atoms with Gasteiger partial charge in [0.15, 0.2) is 0 Å². The van der Waals surface area contributed by atoms with Crippen LogP contribution in [0.15, 0.2) is 36.4 Å². The number of nitrogens with zero attached hydrogens (tertiary/aromatic N) is 1. The van der Waals surface area contributed by atoms with Crippen LogP contribution in [0.25, 0.3) is 20.8 Å². The number of halogens is 1. The average molecular weight is 258 g/mol. The third-order valence-electron chi connectivity index (χ3n) is 2.83. The molecule has 0 saturated carbocycles. The lowest BCUT2D eigenvalue weighted by Crippen LogP contribution is -1.86. The van der Waals surface area contributed by atoms with Crippen LogP contribution in [-0.4, -0.2) is 4.98 Å². The minimum atomic E-state index is -0.204. The highest BCUT2D eigenvalue weighted by Crippen LogP contribution is 2.33. The van der Waals surface area contributed by atoms with Crippen LogP contribution >= 0.6 is 11.3 Å². The van der Waals surface area contributed by atoms with E-state index >= 15 is 0 Å². The number of hydrogen-bond donors (Lipinski definition) is 1. The Morgan fingerprint density at radius 1 is 1.22 bits per heavy atom. The summed E-state index contributed by atoms with van der Waals surface area (Å²) in [4.78, 5) is 4.45. The Hall–Kier alpha value is -1.94. The number of thiazole rings is 1. The van der Waals surface area contributed by atoms with Crippen molar-refractivity contribution in [3.05, 3.63) is 47.8 Å². The fourth-order valence-electron chi connectivity index (χ4n) is 1.87. The van der Waals surface area contributed by atoms with E-state index in [4.69, 9.17) is 5.73 Å². The molecule has 3 rings (SSSR count). The van der Waals surface area contributed by atoms with E-state index in [0.29, 0.717) is 21.8 Å². The van der Waals surface area contributed by atoms with Crippen molar-refractivity contribution in [2.24, 2.45) is 0 Å². The Balaban J connectivity index is 2.22. The summed E-state index contributed by atoms with van der Waals surface area (Å²) in [7, 11) is 0. The summed E-state index contributed by atoms with van der Waals surface area (Å²) in [5.74, 6) is -0.204. The summed E-state index contributed by atoms with van der Waals surface area (Å²) in [5, 5.41) is 0.691. The van der Waals surface area contributed by atoms with Crippen molar-refractivity contribution < 1.29 is 4.39 Å². The van der Waals surface area contributed by atoms with Crippen molar-refractivity contribution in [2.75, 3.05) is 5.73 Å². The van der Waals surface area contributed by atoms with Gasteiger partial charge >= 0.3 is 0 Å². The zero-order valence-corrected chi connectivity index (χ0v) is 10.6. The zero-order chi connectivity index (χ0) is 12.7. The van der Waals surface area contributed by atoms with E-state index in [9.17, 15) is 4.39 Å². The van der Waals surface area contributed by atoms with E-state index in [0.717, 1.165) is 10.2 Å². The second kappa shape index (κ2) is 4.07. The molecule has 1 heterocycles. The van der Waals surface area contributed by atoms with Gasteiger partial charge in [-0.1, -0.05) is 12.1 Å². The van der Waals surface area contributed by atoms with Crippen molar-refractivity contribution >= 4 is 27.2 Å². The minimum absolute atomic E-state index is 0.204. The van der Waals surface area contributed by atoms with Crippen molar-refractivity contribution in [1.29, 1.82) is 0 Å². The molecule has 0 aliphatic carbocycles. The van der Waals surface area contributed by atoms with E-state index in [1.165, 1.54) is 11.3 Å². The molecular weight excluding hydrogens is 247 g/mol. The normalized spacial score (nSPS) is 11.0. The fraction of sp³-hybridized carbons (Fsp3) is 0.0714. The average Bonchev–Trinajstić information content (AvgIpc) is 2.75. The van der Waals surface area contributed by atoms with Gasteiger partial charge in [-0.15, -0.1) is 11.3 Å². The molecule has 90 valence electrons. The highest BCUT2D eigenvalue weighted by atomic mass is 32.1. The molecule has 1 aromatic heterocycles. The highest BCUT2D eigenvalue weighted by Gasteiger charge is 2.12. The van der Waals surface area contributed by atoms with Gasteiger partial charge < -0.3 is 5.73 Å². The number of hydrogen-bond acceptors (Lipinski definition) is 3. The highest BCUT2D eigenvalue weighted by molar-refractivity contribution is 7.21. The summed E-state index contributed by atoms with van der Waals surface area (Å²) in [6.07, 6.45) is 0. The molecule has 0 unspecified atom stereocenters. The van der Waals surface area contributed by atoms with Gasteiger partial charge in [-0.2, -0.15) is 0 Å². The summed E-state index contributed by atoms with van der Waals surface area (Å²) in [5.41, 5.74) is 8.46. The van der Waals surface area contributed by atoms with Gasteiger partial charge in [-0.25, -0.2) is 9.37 Å². The number of nitrogen functional groups attached to an aromatic ring is 1. The van der Waals surface area contributed by atoms with Crippen LogP contribution in [0.2, 0.25) is 0 Å². The number of fused-ring (bicyclic) bond motifs is 1. The standard InChI is InChI=1S/C14H11FN2S/c1-8-3-2-4-10(13(8)15)14-17-11-6-5-9(16)7-12(11)18-14/h2-7H,16H2,1H3. The maximum atomic E-state index is 14.0. The Labute approximate surface area is 108 Å². The Morgan fingerprint density at radius 3 is 2.89 bits per heavy atom. The first-order valence-corrected chi connectivity index (χ1v) is 6.38. The van der Waals surface area contributed by atoms with Crippen LogP contribution in [0.4, 0.5) is 10.1 Å². The molecule has 0 saturated heterocycles. The van der Waals surface area contributed by atoms with Crippen LogP contribution in [0.3, 0.4) is 0 Å². The maximum Gasteiger partial charge on any atom is 0.136 e. The predicted octanol–water partition coefficient (Wildman–Crippen LogP) is 3.99. The van der Waals surface area contributed by atoms with E-state index in [-0.39, 0.29) is 5.82 Å². The molecule has 0 aliphatic heterocycles. The Kier molecular flexibility index (Phi) is 2.52. The second-order valence-corrected chi connectivity index (χ2v) is 5.21. The van der Waals surface area contributed by atoms with Crippen molar-refractivity contribution in [3.63, 3.8) is 0 Å². The van der Waals surface area contributed by atoms with Crippen molar-refractivity contribution in [3.8, 4) is 10.6 Å². The second-order valence-electron chi connectivity index (χ2n) is 4.18. The molecule has 0 bridgehead atoms. The third kappa shape index (κ3) is 1.75. The molecule has 2 aromatic carbocycles. The van der Waals surface area contributed by atoms with E-state index < -0.39 is 0 Å². The molecule has 0 amide bonds. The quantitative estimate of drug-likeness (QED) is 0.670. The summed E-state index contributed by atoms with van der Waals surface area (Å²) < 4.78 is 15.0. The lowest BCUT2D eigenvalue weighted by Gasteiger charge is -2.00. The minimum Gasteiger partial charge on any atom is -0.399 e. The smallest absolute Gasteiger partial charge is 0.136 e. The molecule has 4 heteroatoms. The van der Waals surface area contributed by atoms with Crippen molar-refractivity contribution in [1.82, 2.24) is 4.98 Å². The first kappa shape index (κ1) is 11.2. The number of rotatable bonds is 1. The van der Waals surface area contributed by atoms with Gasteiger partial charge in [0.2, 0.25) is 0 Å². The first-order chi connectivity index (χ1) is 8.65. The van der Waals surface area contributed by atoms with Crippen LogP contribution < -0.4 is 5.73 Å². The molecule has 0 fully saturated rings. The van der Waals surface area contributed by atoms with Gasteiger partial charge in [0.25, 0.3) is 0 Å². The van der Waals surface area contributed by atoms with Gasteiger partial charge in [0, 0.05) is 11.3 Å². The zero-order valence-electron chi connectivity index (χ0n) is 9.77. The molecule has 3 aromatic rings. The molecule has 2 nitrogen and oxygen atoms in total. The molecule has 18 heavy (non-hydrogen) atoms. The van der Waals surface area contributed by atoms with Crippen LogP contribution in [0, 0.1) is 12.7 Å². The molecule has 2 N–H and O–H groups in total. The van der Waals surface area contributed by atoms with Crippen molar-refractivity contribution in [2.45, 2.75) is 6.92 Å². The fourth-order valence-corrected chi connectivity index (χ4v) is 2.90. The predicted molar refractivity (Wildman–Crippen MR) is 74.2 cm³/mol. The summed E-state index contributed by atoms with van der Waals surface area (Å²) in [6.45, 7) is 1.75. The van der Waals surface area contributed by atoms with Crippen LogP contribution in [0.5, 0.6) is 0 Å². The SMILES string of the molecule is Cc1cccc(-c2nc3ccc(N)cc3s2)c1F. The number of aromatic nitrogens is 1. The van der Waals surface area contributed by atoms with Crippen LogP contribution in [0.1, 0.15) is 5.56 Å². The number of anilines is 1. The maximum absolute atomic E-state index is 14.0. The summed E-state index contributed by atoms with van der Waals surface area (Å²) >= 11 is 1.46. The number of aryl methyl sites for hydroxylation is 1. The largest absolute Gasteiger partial charge is 0.399 e. The summed E-state index contributed by atoms with van der Waals surface area (Å²) in [6, 6.07) is 10.9. The monoisotopic (exact) mass is 258 g/mol. The van der Waals surface area contributed by atoms with E-state index in [2.05, 4.69) is 4.98 Å². The topological polar surface area (TPSA) is 38.9 Å². The van der Waals surface area contributed by atoms with Crippen LogP contribution in [-0.2, 0) is 0 Å². The lowest BCUT2D eigenvalue weighted by atomic mass is 10.1. The Morgan fingerprint density at radius 2 is 2.06 bits per heavy atom. The van der Waals surface area contributed by atoms with E-state index in [1.54, 1.807) is 25.1 Å². The lowest BCUT2D eigenvalue weighted by molar-refractivity contribution is 0.622. The molecule has 0 atom stereocenters. The number of nitrogens with two attached hydrogens (primary N) is 1. The van der Waals surface area contributed by atoms with E-state index in [1.807, 2.05) is 18.2 Å². The van der Waals surface area contributed by atoms with Gasteiger partial charge in [-0.05, 0) is 36.8 Å². The molecular formula is C14H11FN2S. The molecule has 0 radical (unpaired) electrons. The van der Waals surface area contributed by atoms with Gasteiger partial charge in [0.1, 0.15) is 10.8 Å². The third-order valence-corrected chi connectivity index (χ3v) is 3.89. The molecule has 0 spiro atoms. The molecule has 0 aliphatic rings. The van der Waals surface area contributed by atoms with Gasteiger partial charge in [0.05, 0.1) is 10.2 Å². The van der Waals surface area contributed by atoms with Gasteiger partial charge in [-0.3, -0.25) is 0 Å². The first-order valence-electron chi connectivity index (χ1n) is 5.57. The number of benzene rings is 2. The Bertz CT molecular complexity index is 734.